The van der Waals surface area contributed by atoms with Crippen LogP contribution in [0.25, 0.3) is 10.9 Å². The minimum Gasteiger partial charge on any atom is -0.466 e. The number of rotatable bonds is 7. The molecule has 0 spiro atoms. The van der Waals surface area contributed by atoms with Gasteiger partial charge in [0.2, 0.25) is 5.91 Å². The number of nitrogens with zero attached hydrogens (tertiary/aromatic N) is 1. The molecule has 0 radical (unpaired) electrons. The average Bonchev–Trinajstić information content (AvgIpc) is 3.31. The minimum atomic E-state index is -4.48. The van der Waals surface area contributed by atoms with Crippen LogP contribution in [0.15, 0.2) is 48.7 Å². The Balaban J connectivity index is 1.64. The number of fused-ring (bicyclic) bond motifs is 1. The number of piperidine rings is 1. The van der Waals surface area contributed by atoms with Crippen LogP contribution in [0.1, 0.15) is 61.3 Å². The van der Waals surface area contributed by atoms with Gasteiger partial charge in [0.15, 0.2) is 0 Å². The molecule has 0 aliphatic carbocycles. The molecule has 0 saturated carbocycles. The Morgan fingerprint density at radius 2 is 1.83 bits per heavy atom. The molecular formula is C28H31F3N2O3. The van der Waals surface area contributed by atoms with Gasteiger partial charge in [0.1, 0.15) is 0 Å². The monoisotopic (exact) mass is 500 g/mol. The van der Waals surface area contributed by atoms with Gasteiger partial charge in [-0.05, 0) is 48.9 Å². The molecule has 0 bridgehead atoms. The molecule has 1 aliphatic heterocycles. The fourth-order valence-corrected chi connectivity index (χ4v) is 5.09. The number of alkyl halides is 3. The highest BCUT2D eigenvalue weighted by molar-refractivity contribution is 5.88. The molecule has 1 atom stereocenters. The second-order valence-electron chi connectivity index (χ2n) is 9.22. The maximum absolute atomic E-state index is 13.5. The fraction of sp³-hybridized carbons (Fsp3) is 0.429. The summed E-state index contributed by atoms with van der Waals surface area (Å²) in [7, 11) is 0. The number of aromatic amines is 1. The number of hydrogen-bond acceptors (Lipinski definition) is 3. The van der Waals surface area contributed by atoms with Gasteiger partial charge in [-0.2, -0.15) is 13.2 Å². The largest absolute Gasteiger partial charge is 0.466 e. The average molecular weight is 501 g/mol. The lowest BCUT2D eigenvalue weighted by Gasteiger charge is -2.32. The molecule has 3 aromatic rings. The van der Waals surface area contributed by atoms with Crippen molar-refractivity contribution in [2.45, 2.75) is 51.6 Å². The molecule has 1 aromatic heterocycles. The van der Waals surface area contributed by atoms with Crippen LogP contribution in [0.5, 0.6) is 0 Å². The molecule has 8 heteroatoms. The number of halogens is 3. The summed E-state index contributed by atoms with van der Waals surface area (Å²) in [5.41, 5.74) is 2.56. The van der Waals surface area contributed by atoms with E-state index >= 15 is 0 Å². The molecule has 1 aliphatic rings. The molecule has 1 saturated heterocycles. The highest BCUT2D eigenvalue weighted by Crippen LogP contribution is 2.38. The van der Waals surface area contributed by atoms with Crippen LogP contribution in [0.2, 0.25) is 0 Å². The summed E-state index contributed by atoms with van der Waals surface area (Å²) in [4.78, 5) is 30.5. The Kier molecular flexibility index (Phi) is 7.71. The fourth-order valence-electron chi connectivity index (χ4n) is 5.09. The molecule has 1 amide bonds. The Bertz CT molecular complexity index is 1230. The van der Waals surface area contributed by atoms with Crippen molar-refractivity contribution in [1.82, 2.24) is 9.88 Å². The van der Waals surface area contributed by atoms with Gasteiger partial charge in [0, 0.05) is 42.5 Å². The molecule has 4 rings (SSSR count). The lowest BCUT2D eigenvalue weighted by Crippen LogP contribution is -2.41. The number of H-pyrrole nitrogens is 1. The minimum absolute atomic E-state index is 0.0364. The zero-order valence-electron chi connectivity index (χ0n) is 20.5. The molecule has 5 nitrogen and oxygen atoms in total. The molecule has 2 aromatic carbocycles. The van der Waals surface area contributed by atoms with Gasteiger partial charge in [-0.15, -0.1) is 0 Å². The Hall–Kier alpha value is -3.29. The van der Waals surface area contributed by atoms with Crippen molar-refractivity contribution >= 4 is 22.8 Å². The molecule has 1 unspecified atom stereocenters. The van der Waals surface area contributed by atoms with Gasteiger partial charge in [-0.25, -0.2) is 0 Å². The van der Waals surface area contributed by atoms with Crippen LogP contribution in [0.4, 0.5) is 13.2 Å². The molecule has 192 valence electrons. The third kappa shape index (κ3) is 5.42. The van der Waals surface area contributed by atoms with E-state index in [0.29, 0.717) is 38.1 Å². The van der Waals surface area contributed by atoms with E-state index in [0.717, 1.165) is 40.6 Å². The first-order valence-electron chi connectivity index (χ1n) is 12.4. The van der Waals surface area contributed by atoms with Gasteiger partial charge in [0.25, 0.3) is 0 Å². The standard InChI is InChI=1S/C28H31F3N2O3/c1-3-18-7-6-10-22-24(17-32-26(18)22)23(20-8-5-9-21(15-20)28(29,30)31)16-25(34)33-13-11-19(12-14-33)27(35)36-4-2/h5-10,15,17,19,23,32H,3-4,11-14,16H2,1-2H3. The SMILES string of the molecule is CCOC(=O)C1CCN(C(=O)CC(c2cccc(C(F)(F)F)c2)c2c[nH]c3c(CC)cccc23)CC1. The first-order valence-corrected chi connectivity index (χ1v) is 12.4. The first-order chi connectivity index (χ1) is 17.2. The summed E-state index contributed by atoms with van der Waals surface area (Å²) in [5, 5.41) is 0.908. The number of esters is 1. The van der Waals surface area contributed by atoms with Crippen molar-refractivity contribution < 1.29 is 27.5 Å². The number of hydrogen-bond donors (Lipinski definition) is 1. The molecule has 1 fully saturated rings. The van der Waals surface area contributed by atoms with Crippen molar-refractivity contribution in [3.63, 3.8) is 0 Å². The highest BCUT2D eigenvalue weighted by atomic mass is 19.4. The molecular weight excluding hydrogens is 469 g/mol. The molecule has 36 heavy (non-hydrogen) atoms. The number of nitrogens with one attached hydrogen (secondary N) is 1. The van der Waals surface area contributed by atoms with Crippen LogP contribution in [0.3, 0.4) is 0 Å². The number of aromatic nitrogens is 1. The lowest BCUT2D eigenvalue weighted by atomic mass is 9.86. The van der Waals surface area contributed by atoms with Gasteiger partial charge < -0.3 is 14.6 Å². The van der Waals surface area contributed by atoms with E-state index in [-0.39, 0.29) is 24.2 Å². The van der Waals surface area contributed by atoms with Gasteiger partial charge in [-0.1, -0.05) is 43.3 Å². The van der Waals surface area contributed by atoms with Crippen LogP contribution >= 0.6 is 0 Å². The first kappa shape index (κ1) is 25.8. The van der Waals surface area contributed by atoms with Crippen molar-refractivity contribution in [1.29, 1.82) is 0 Å². The number of amides is 1. The second kappa shape index (κ2) is 10.8. The van der Waals surface area contributed by atoms with E-state index in [1.54, 1.807) is 17.9 Å². The van der Waals surface area contributed by atoms with Crippen LogP contribution in [-0.2, 0) is 26.9 Å². The highest BCUT2D eigenvalue weighted by Gasteiger charge is 2.33. The van der Waals surface area contributed by atoms with Crippen molar-refractivity contribution in [2.75, 3.05) is 19.7 Å². The van der Waals surface area contributed by atoms with Gasteiger partial charge in [0.05, 0.1) is 18.1 Å². The quantitative estimate of drug-likeness (QED) is 0.401. The predicted molar refractivity (Wildman–Crippen MR) is 132 cm³/mol. The van der Waals surface area contributed by atoms with Crippen LogP contribution in [0, 0.1) is 5.92 Å². The lowest BCUT2D eigenvalue weighted by molar-refractivity contribution is -0.151. The number of para-hydroxylation sites is 1. The molecule has 1 N–H and O–H groups in total. The third-order valence-electron chi connectivity index (χ3n) is 7.05. The summed E-state index contributed by atoms with van der Waals surface area (Å²) in [6.07, 6.45) is -0.782. The second-order valence-corrected chi connectivity index (χ2v) is 9.22. The summed E-state index contributed by atoms with van der Waals surface area (Å²) in [6.45, 7) is 4.97. The van der Waals surface area contributed by atoms with Crippen molar-refractivity contribution in [3.05, 3.63) is 70.9 Å². The number of carbonyl (C=O) groups is 2. The normalized spacial score (nSPS) is 15.8. The van der Waals surface area contributed by atoms with Crippen LogP contribution < -0.4 is 0 Å². The maximum Gasteiger partial charge on any atom is 0.416 e. The molecule has 2 heterocycles. The number of carbonyl (C=O) groups excluding carboxylic acids is 2. The number of benzene rings is 2. The predicted octanol–water partition coefficient (Wildman–Crippen LogP) is 6.07. The van der Waals surface area contributed by atoms with Crippen molar-refractivity contribution in [3.8, 4) is 0 Å². The van der Waals surface area contributed by atoms with E-state index in [9.17, 15) is 22.8 Å². The van der Waals surface area contributed by atoms with Gasteiger partial charge >= 0.3 is 12.1 Å². The summed E-state index contributed by atoms with van der Waals surface area (Å²) >= 11 is 0. The van der Waals surface area contributed by atoms with E-state index < -0.39 is 17.7 Å². The summed E-state index contributed by atoms with van der Waals surface area (Å²) in [5.74, 6) is -1.16. The zero-order chi connectivity index (χ0) is 25.9. The number of aryl methyl sites for hydroxylation is 1. The Morgan fingerprint density at radius 1 is 1.11 bits per heavy atom. The Labute approximate surface area is 208 Å². The van der Waals surface area contributed by atoms with E-state index in [1.807, 2.05) is 31.3 Å². The summed E-state index contributed by atoms with van der Waals surface area (Å²) in [6, 6.07) is 11.1. The van der Waals surface area contributed by atoms with E-state index in [2.05, 4.69) is 4.98 Å². The van der Waals surface area contributed by atoms with Gasteiger partial charge in [-0.3, -0.25) is 9.59 Å². The summed E-state index contributed by atoms with van der Waals surface area (Å²) < 4.78 is 45.7. The topological polar surface area (TPSA) is 62.4 Å². The zero-order valence-corrected chi connectivity index (χ0v) is 20.5. The van der Waals surface area contributed by atoms with E-state index in [1.165, 1.54) is 6.07 Å². The Morgan fingerprint density at radius 3 is 2.50 bits per heavy atom. The van der Waals surface area contributed by atoms with Crippen LogP contribution in [-0.4, -0.2) is 41.5 Å². The number of likely N-dealkylation sites (tertiary alicyclic amines) is 1. The van der Waals surface area contributed by atoms with E-state index in [4.69, 9.17) is 4.74 Å². The maximum atomic E-state index is 13.5. The van der Waals surface area contributed by atoms with Crippen molar-refractivity contribution in [2.24, 2.45) is 5.92 Å². The third-order valence-corrected chi connectivity index (χ3v) is 7.05. The smallest absolute Gasteiger partial charge is 0.416 e. The number of ether oxygens (including phenoxy) is 1.